The van der Waals surface area contributed by atoms with Crippen LogP contribution in [0, 0.1) is 0 Å². The number of aromatic amines is 2. The monoisotopic (exact) mass is 411 g/mol. The predicted octanol–water partition coefficient (Wildman–Crippen LogP) is 0.903. The summed E-state index contributed by atoms with van der Waals surface area (Å²) < 4.78 is 7.28. The summed E-state index contributed by atoms with van der Waals surface area (Å²) in [7, 11) is 0. The average molecular weight is 412 g/mol. The van der Waals surface area contributed by atoms with Crippen LogP contribution in [0.5, 0.6) is 17.6 Å². The Morgan fingerprint density at radius 2 is 2.03 bits per heavy atom. The molecule has 0 bridgehead atoms. The van der Waals surface area contributed by atoms with E-state index < -0.39 is 5.69 Å². The number of aromatic hydroxyl groups is 1. The molecule has 3 N–H and O–H groups in total. The second-order valence-electron chi connectivity index (χ2n) is 6.54. The van der Waals surface area contributed by atoms with Crippen molar-refractivity contribution in [3.8, 4) is 17.6 Å². The zero-order chi connectivity index (χ0) is 20.0. The van der Waals surface area contributed by atoms with Gasteiger partial charge in [0, 0.05) is 10.2 Å². The molecule has 0 aliphatic heterocycles. The molecule has 0 amide bonds. The van der Waals surface area contributed by atoms with Crippen molar-refractivity contribution in [3.63, 3.8) is 0 Å². The van der Waals surface area contributed by atoms with Gasteiger partial charge in [0.2, 0.25) is 5.88 Å². The van der Waals surface area contributed by atoms with Gasteiger partial charge >= 0.3 is 11.7 Å². The van der Waals surface area contributed by atoms with Gasteiger partial charge in [-0.3, -0.25) is 4.98 Å². The molecule has 0 spiro atoms. The van der Waals surface area contributed by atoms with Crippen LogP contribution in [0.3, 0.4) is 0 Å². The van der Waals surface area contributed by atoms with E-state index in [1.807, 2.05) is 0 Å². The smallest absolute Gasteiger partial charge is 0.327 e. The highest BCUT2D eigenvalue weighted by molar-refractivity contribution is 6.30. The molecule has 0 atom stereocenters. The molecular formula is C18H14ClN7O3. The van der Waals surface area contributed by atoms with Crippen molar-refractivity contribution in [1.82, 2.24) is 29.5 Å². The molecular weight excluding hydrogens is 398 g/mol. The van der Waals surface area contributed by atoms with Gasteiger partial charge in [0.25, 0.3) is 5.62 Å². The first-order chi connectivity index (χ1) is 14.0. The lowest BCUT2D eigenvalue weighted by Crippen LogP contribution is -2.23. The Labute approximate surface area is 167 Å². The molecule has 1 fully saturated rings. The first-order valence-corrected chi connectivity index (χ1v) is 9.19. The number of hydrogen-bond acceptors (Lipinski definition) is 7. The number of benzene rings is 1. The van der Waals surface area contributed by atoms with Crippen molar-refractivity contribution in [3.05, 3.63) is 62.5 Å². The molecule has 0 unspecified atom stereocenters. The van der Waals surface area contributed by atoms with E-state index in [9.17, 15) is 9.90 Å². The van der Waals surface area contributed by atoms with Crippen LogP contribution in [0.4, 0.5) is 0 Å². The summed E-state index contributed by atoms with van der Waals surface area (Å²) in [6, 6.07) is 7.13. The first-order valence-electron chi connectivity index (χ1n) is 8.81. The molecule has 4 aromatic rings. The normalized spacial score (nSPS) is 15.3. The number of nitrogens with zero attached hydrogens (tertiary/aromatic N) is 5. The van der Waals surface area contributed by atoms with Gasteiger partial charge in [0.1, 0.15) is 11.4 Å². The Morgan fingerprint density at radius 1 is 1.24 bits per heavy atom. The fourth-order valence-corrected chi connectivity index (χ4v) is 2.84. The van der Waals surface area contributed by atoms with Gasteiger partial charge in [-0.05, 0) is 43.2 Å². The number of nitrogens with one attached hydrogen (secondary N) is 2. The standard InChI is InChI=1S/C18H14ClN7O3/c19-10-1-5-12(6-2-10)29-18-23-14-9(7-13-15(27)24-17(28)22-13)8-20-26(14)16(25-18)21-11-3-4-11/h1-2,5-8,11,27H,3-4H2,(H2,22,24,28)/b9-7+,21-16?. The second kappa shape index (κ2) is 6.74. The van der Waals surface area contributed by atoms with Gasteiger partial charge in [-0.2, -0.15) is 19.6 Å². The van der Waals surface area contributed by atoms with Crippen molar-refractivity contribution < 1.29 is 9.84 Å². The van der Waals surface area contributed by atoms with Crippen LogP contribution in [0.2, 0.25) is 5.02 Å². The minimum absolute atomic E-state index is 0.0983. The Kier molecular flexibility index (Phi) is 4.06. The summed E-state index contributed by atoms with van der Waals surface area (Å²) in [6.07, 6.45) is 5.09. The number of halogens is 1. The molecule has 29 heavy (non-hydrogen) atoms. The number of ether oxygens (including phenoxy) is 1. The minimum atomic E-state index is -0.518. The summed E-state index contributed by atoms with van der Waals surface area (Å²) in [4.78, 5) is 29.5. The van der Waals surface area contributed by atoms with E-state index in [1.165, 1.54) is 4.52 Å². The zero-order valence-electron chi connectivity index (χ0n) is 14.8. The summed E-state index contributed by atoms with van der Waals surface area (Å²) in [5.74, 6) is 0.248. The molecule has 1 aromatic carbocycles. The maximum Gasteiger partial charge on any atom is 0.327 e. The van der Waals surface area contributed by atoms with Crippen molar-refractivity contribution in [2.75, 3.05) is 0 Å². The summed E-state index contributed by atoms with van der Waals surface area (Å²) in [5.41, 5.74) is 0.484. The topological polar surface area (TPSA) is 134 Å². The van der Waals surface area contributed by atoms with Gasteiger partial charge in [-0.25, -0.2) is 9.79 Å². The molecule has 0 radical (unpaired) electrons. The van der Waals surface area contributed by atoms with Crippen LogP contribution in [0.1, 0.15) is 18.5 Å². The van der Waals surface area contributed by atoms with E-state index in [2.05, 4.69) is 30.0 Å². The third-order valence-electron chi connectivity index (χ3n) is 4.26. The van der Waals surface area contributed by atoms with Crippen molar-refractivity contribution in [2.45, 2.75) is 18.9 Å². The molecule has 11 heteroatoms. The zero-order valence-corrected chi connectivity index (χ0v) is 15.6. The molecule has 1 saturated carbocycles. The number of hydrogen-bond donors (Lipinski definition) is 3. The van der Waals surface area contributed by atoms with Crippen molar-refractivity contribution >= 4 is 23.3 Å². The van der Waals surface area contributed by atoms with E-state index in [-0.39, 0.29) is 23.6 Å². The Balaban J connectivity index is 1.67. The van der Waals surface area contributed by atoms with Crippen LogP contribution in [-0.2, 0) is 0 Å². The highest BCUT2D eigenvalue weighted by Gasteiger charge is 2.21. The van der Waals surface area contributed by atoms with Crippen molar-refractivity contribution in [2.24, 2.45) is 4.99 Å². The van der Waals surface area contributed by atoms with Gasteiger partial charge < -0.3 is 14.8 Å². The maximum atomic E-state index is 11.4. The van der Waals surface area contributed by atoms with Gasteiger partial charge in [0.05, 0.1) is 12.2 Å². The third kappa shape index (κ3) is 3.57. The number of aromatic nitrogens is 6. The highest BCUT2D eigenvalue weighted by atomic mass is 35.5. The van der Waals surface area contributed by atoms with Crippen LogP contribution in [0.25, 0.3) is 11.7 Å². The van der Waals surface area contributed by atoms with Crippen molar-refractivity contribution in [1.29, 1.82) is 0 Å². The average Bonchev–Trinajstić information content (AvgIpc) is 3.33. The molecule has 10 nitrogen and oxygen atoms in total. The van der Waals surface area contributed by atoms with Crippen LogP contribution >= 0.6 is 11.6 Å². The number of fused-ring (bicyclic) bond motifs is 1. The molecule has 0 saturated heterocycles. The largest absolute Gasteiger partial charge is 0.493 e. The van der Waals surface area contributed by atoms with E-state index in [1.54, 1.807) is 36.5 Å². The van der Waals surface area contributed by atoms with Gasteiger partial charge in [-0.15, -0.1) is 0 Å². The summed E-state index contributed by atoms with van der Waals surface area (Å²) >= 11 is 5.91. The molecule has 3 aromatic heterocycles. The van der Waals surface area contributed by atoms with Gasteiger partial charge in [-0.1, -0.05) is 11.6 Å². The minimum Gasteiger partial charge on any atom is -0.493 e. The first kappa shape index (κ1) is 17.4. The number of rotatable bonds is 4. The quantitative estimate of drug-likeness (QED) is 0.457. The molecule has 1 aliphatic rings. The molecule has 5 rings (SSSR count). The second-order valence-corrected chi connectivity index (χ2v) is 6.98. The van der Waals surface area contributed by atoms with E-state index in [0.717, 1.165) is 12.8 Å². The van der Waals surface area contributed by atoms with E-state index in [4.69, 9.17) is 16.3 Å². The summed E-state index contributed by atoms with van der Waals surface area (Å²) in [5, 5.41) is 15.3. The number of imidazole rings is 1. The van der Waals surface area contributed by atoms with E-state index in [0.29, 0.717) is 27.3 Å². The third-order valence-corrected chi connectivity index (χ3v) is 4.51. The lowest BCUT2D eigenvalue weighted by molar-refractivity contribution is 0.435. The maximum absolute atomic E-state index is 11.4. The summed E-state index contributed by atoms with van der Waals surface area (Å²) in [6.45, 7) is 0. The lowest BCUT2D eigenvalue weighted by atomic mass is 10.3. The SMILES string of the molecule is O=c1[nH]c(O)c(/C=c2\cnn3c(=NC4CC4)nc(Oc4ccc(Cl)cc4)nc23)[nH]1. The Morgan fingerprint density at radius 3 is 2.72 bits per heavy atom. The highest BCUT2D eigenvalue weighted by Crippen LogP contribution is 2.23. The fourth-order valence-electron chi connectivity index (χ4n) is 2.71. The predicted molar refractivity (Wildman–Crippen MR) is 103 cm³/mol. The molecule has 3 heterocycles. The molecule has 1 aliphatic carbocycles. The van der Waals surface area contributed by atoms with Crippen LogP contribution in [-0.4, -0.2) is 40.7 Å². The Hall–Kier alpha value is -3.66. The lowest BCUT2D eigenvalue weighted by Gasteiger charge is -2.04. The molecule has 146 valence electrons. The van der Waals surface area contributed by atoms with Crippen LogP contribution < -0.4 is 21.3 Å². The van der Waals surface area contributed by atoms with Gasteiger partial charge in [0.15, 0.2) is 5.65 Å². The van der Waals surface area contributed by atoms with E-state index >= 15 is 0 Å². The Bertz CT molecular complexity index is 1380. The van der Waals surface area contributed by atoms with Crippen LogP contribution in [0.15, 0.2) is 40.2 Å². The number of H-pyrrole nitrogens is 2. The fraction of sp³-hybridized carbons (Fsp3) is 0.167.